The molecule has 2 aliphatic rings. The molecule has 3 aromatic rings. The average Bonchev–Trinajstić information content (AvgIpc) is 3.12. The van der Waals surface area contributed by atoms with Crippen molar-refractivity contribution >= 4 is 40.0 Å². The highest BCUT2D eigenvalue weighted by atomic mass is 32.2. The van der Waals surface area contributed by atoms with Gasteiger partial charge in [0.05, 0.1) is 0 Å². The van der Waals surface area contributed by atoms with Crippen molar-refractivity contribution in [2.45, 2.75) is 35.9 Å². The van der Waals surface area contributed by atoms with Crippen molar-refractivity contribution in [2.75, 3.05) is 29.9 Å². The van der Waals surface area contributed by atoms with Crippen molar-refractivity contribution < 1.29 is 0 Å². The van der Waals surface area contributed by atoms with E-state index in [4.69, 9.17) is 9.97 Å². The van der Waals surface area contributed by atoms with Gasteiger partial charge < -0.3 is 15.2 Å². The number of hydrogen-bond acceptors (Lipinski definition) is 7. The second kappa shape index (κ2) is 7.55. The van der Waals surface area contributed by atoms with E-state index in [9.17, 15) is 0 Å². The molecule has 1 N–H and O–H groups in total. The average molecular weight is 405 g/mol. The van der Waals surface area contributed by atoms with Gasteiger partial charge in [0.15, 0.2) is 5.16 Å². The first-order valence-corrected chi connectivity index (χ1v) is 10.8. The van der Waals surface area contributed by atoms with Crippen molar-refractivity contribution in [1.82, 2.24) is 15.4 Å². The minimum absolute atomic E-state index is 0.357. The first kappa shape index (κ1) is 18.2. The van der Waals surface area contributed by atoms with Crippen LogP contribution in [0.1, 0.15) is 19.8 Å². The number of hydrogen-bond donors (Lipinski definition) is 1. The van der Waals surface area contributed by atoms with Crippen LogP contribution < -0.4 is 15.2 Å². The molecule has 29 heavy (non-hydrogen) atoms. The highest BCUT2D eigenvalue weighted by Gasteiger charge is 2.23. The number of anilines is 2. The van der Waals surface area contributed by atoms with Gasteiger partial charge in [0.1, 0.15) is 17.5 Å². The Morgan fingerprint density at radius 2 is 1.90 bits per heavy atom. The fourth-order valence-corrected chi connectivity index (χ4v) is 4.37. The highest BCUT2D eigenvalue weighted by molar-refractivity contribution is 7.99. The predicted molar refractivity (Wildman–Crippen MR) is 120 cm³/mol. The van der Waals surface area contributed by atoms with E-state index in [1.165, 1.54) is 17.2 Å². The van der Waals surface area contributed by atoms with Crippen LogP contribution in [0.5, 0.6) is 0 Å². The molecule has 1 atom stereocenters. The van der Waals surface area contributed by atoms with E-state index >= 15 is 0 Å². The molecular weight excluding hydrogens is 380 g/mol. The summed E-state index contributed by atoms with van der Waals surface area (Å²) in [7, 11) is 2.03. The summed E-state index contributed by atoms with van der Waals surface area (Å²) in [6.07, 6.45) is 2.11. The van der Waals surface area contributed by atoms with Crippen molar-refractivity contribution in [2.24, 2.45) is 5.10 Å². The van der Waals surface area contributed by atoms with Crippen molar-refractivity contribution in [1.29, 1.82) is 0 Å². The maximum atomic E-state index is 4.86. The molecule has 1 saturated heterocycles. The number of rotatable bonds is 4. The van der Waals surface area contributed by atoms with E-state index < -0.39 is 0 Å². The van der Waals surface area contributed by atoms with Crippen LogP contribution in [0.2, 0.25) is 0 Å². The Morgan fingerprint density at radius 3 is 2.62 bits per heavy atom. The lowest BCUT2D eigenvalue weighted by Crippen LogP contribution is -2.38. The van der Waals surface area contributed by atoms with Crippen LogP contribution in [0.4, 0.5) is 11.6 Å². The van der Waals surface area contributed by atoms with Gasteiger partial charge >= 0.3 is 0 Å². The smallest absolute Gasteiger partial charge is 0.196 e. The molecule has 1 fully saturated rings. The number of fused-ring (bicyclic) bond motifs is 1. The minimum atomic E-state index is 0.357. The number of nitrogens with zero attached hydrogens (tertiary/aromatic N) is 5. The van der Waals surface area contributed by atoms with Crippen LogP contribution >= 0.6 is 11.8 Å². The molecule has 0 spiro atoms. The molecule has 7 heteroatoms. The third-order valence-electron chi connectivity index (χ3n) is 5.42. The molecule has 0 saturated carbocycles. The number of hydrazone groups is 1. The molecule has 0 aliphatic carbocycles. The van der Waals surface area contributed by atoms with Crippen LogP contribution in [0.25, 0.3) is 10.8 Å². The molecule has 0 amide bonds. The van der Waals surface area contributed by atoms with E-state index in [0.29, 0.717) is 6.04 Å². The van der Waals surface area contributed by atoms with Gasteiger partial charge in [-0.3, -0.25) is 0 Å². The second-order valence-electron chi connectivity index (χ2n) is 7.64. The van der Waals surface area contributed by atoms with E-state index in [-0.39, 0.29) is 0 Å². The second-order valence-corrected chi connectivity index (χ2v) is 8.68. The van der Waals surface area contributed by atoms with E-state index in [0.717, 1.165) is 47.0 Å². The maximum absolute atomic E-state index is 4.86. The first-order valence-electron chi connectivity index (χ1n) is 10.0. The van der Waals surface area contributed by atoms with Gasteiger partial charge in [-0.15, -0.1) is 0 Å². The Bertz CT molecular complexity index is 1080. The molecule has 148 valence electrons. The number of nitrogens with one attached hydrogen (secondary N) is 1. The topological polar surface area (TPSA) is 56.7 Å². The summed E-state index contributed by atoms with van der Waals surface area (Å²) in [5.74, 6) is 2.89. The van der Waals surface area contributed by atoms with Gasteiger partial charge in [0.2, 0.25) is 0 Å². The molecule has 2 aliphatic heterocycles. The van der Waals surface area contributed by atoms with Crippen LogP contribution in [-0.2, 0) is 0 Å². The molecular formula is C22H24N6S. The quantitative estimate of drug-likeness (QED) is 0.660. The summed E-state index contributed by atoms with van der Waals surface area (Å²) in [5, 5.41) is 7.71. The summed E-state index contributed by atoms with van der Waals surface area (Å²) >= 11 is 1.61. The van der Waals surface area contributed by atoms with Crippen LogP contribution in [0.15, 0.2) is 63.7 Å². The molecule has 3 heterocycles. The lowest BCUT2D eigenvalue weighted by atomic mass is 10.1. The van der Waals surface area contributed by atoms with Gasteiger partial charge in [-0.2, -0.15) is 5.10 Å². The predicted octanol–water partition coefficient (Wildman–Crippen LogP) is 4.12. The zero-order valence-electron chi connectivity index (χ0n) is 16.7. The van der Waals surface area contributed by atoms with Gasteiger partial charge in [-0.1, -0.05) is 30.3 Å². The molecule has 1 unspecified atom stereocenters. The van der Waals surface area contributed by atoms with E-state index in [1.807, 2.05) is 7.05 Å². The summed E-state index contributed by atoms with van der Waals surface area (Å²) < 4.78 is 0. The Hall–Kier alpha value is -2.80. The SMILES string of the molecule is CC1CC(N(C)c2cc(N3CCC3)nc(Sc3ccc4ccccc4c3)n2)=NN1. The summed E-state index contributed by atoms with van der Waals surface area (Å²) in [5.41, 5.74) is 3.14. The summed E-state index contributed by atoms with van der Waals surface area (Å²) in [4.78, 5) is 15.2. The van der Waals surface area contributed by atoms with Gasteiger partial charge in [0.25, 0.3) is 0 Å². The molecule has 6 nitrogen and oxygen atoms in total. The molecule has 0 bridgehead atoms. The monoisotopic (exact) mass is 404 g/mol. The van der Waals surface area contributed by atoms with Crippen molar-refractivity contribution in [3.05, 3.63) is 48.5 Å². The van der Waals surface area contributed by atoms with E-state index in [1.54, 1.807) is 11.8 Å². The standard InChI is InChI=1S/C22H24N6S/c1-15-12-21(26-25-15)27(2)19-14-20(28-10-5-11-28)24-22(23-19)29-18-9-8-16-6-3-4-7-17(16)13-18/h3-4,6-9,13-15,25H,5,10-12H2,1-2H3. The van der Waals surface area contributed by atoms with Crippen LogP contribution in [0, 0.1) is 0 Å². The minimum Gasteiger partial charge on any atom is -0.356 e. The Kier molecular flexibility index (Phi) is 4.75. The maximum Gasteiger partial charge on any atom is 0.196 e. The molecule has 1 aromatic heterocycles. The largest absolute Gasteiger partial charge is 0.356 e. The molecule has 2 aromatic carbocycles. The zero-order chi connectivity index (χ0) is 19.8. The van der Waals surface area contributed by atoms with Crippen LogP contribution in [-0.4, -0.2) is 42.0 Å². The normalized spacial score (nSPS) is 18.3. The highest BCUT2D eigenvalue weighted by Crippen LogP contribution is 2.32. The number of aromatic nitrogens is 2. The summed E-state index contributed by atoms with van der Waals surface area (Å²) in [6.45, 7) is 4.25. The molecule has 0 radical (unpaired) electrons. The fraction of sp³-hybridized carbons (Fsp3) is 0.318. The third kappa shape index (κ3) is 3.74. The first-order chi connectivity index (χ1) is 14.2. The number of benzene rings is 2. The van der Waals surface area contributed by atoms with Gasteiger partial charge in [-0.25, -0.2) is 9.97 Å². The lowest BCUT2D eigenvalue weighted by Gasteiger charge is -2.32. The summed E-state index contributed by atoms with van der Waals surface area (Å²) in [6, 6.07) is 17.4. The third-order valence-corrected chi connectivity index (χ3v) is 6.28. The molecule has 5 rings (SSSR count). The zero-order valence-corrected chi connectivity index (χ0v) is 17.5. The van der Waals surface area contributed by atoms with Crippen molar-refractivity contribution in [3.63, 3.8) is 0 Å². The fourth-order valence-electron chi connectivity index (χ4n) is 3.56. The lowest BCUT2D eigenvalue weighted by molar-refractivity contribution is 0.605. The van der Waals surface area contributed by atoms with Gasteiger partial charge in [0, 0.05) is 43.6 Å². The van der Waals surface area contributed by atoms with Crippen LogP contribution in [0.3, 0.4) is 0 Å². The van der Waals surface area contributed by atoms with Gasteiger partial charge in [-0.05, 0) is 48.0 Å². The Morgan fingerprint density at radius 1 is 1.07 bits per heavy atom. The number of amidine groups is 1. The van der Waals surface area contributed by atoms with Crippen molar-refractivity contribution in [3.8, 4) is 0 Å². The Balaban J connectivity index is 1.47. The van der Waals surface area contributed by atoms with E-state index in [2.05, 4.69) is 75.8 Å². The Labute approximate surface area is 175 Å².